The lowest BCUT2D eigenvalue weighted by Crippen LogP contribution is -2.14. The van der Waals surface area contributed by atoms with Crippen molar-refractivity contribution in [2.24, 2.45) is 0 Å². The maximum Gasteiger partial charge on any atom is 0.263 e. The highest BCUT2D eigenvalue weighted by molar-refractivity contribution is 7.92. The van der Waals surface area contributed by atoms with Crippen molar-refractivity contribution in [3.63, 3.8) is 0 Å². The van der Waals surface area contributed by atoms with Crippen LogP contribution in [-0.4, -0.2) is 18.6 Å². The molecule has 1 N–H and O–H groups in total. The van der Waals surface area contributed by atoms with Crippen LogP contribution in [0, 0.1) is 11.6 Å². The number of nitrogens with one attached hydrogen (secondary N) is 1. The molecule has 0 amide bonds. The van der Waals surface area contributed by atoms with Crippen LogP contribution in [0.15, 0.2) is 35.2 Å². The summed E-state index contributed by atoms with van der Waals surface area (Å²) >= 11 is 5.49. The zero-order valence-electron chi connectivity index (χ0n) is 9.14. The van der Waals surface area contributed by atoms with Gasteiger partial charge in [0, 0.05) is 6.07 Å². The molecule has 2 rings (SSSR count). The zero-order chi connectivity index (χ0) is 14.0. The number of sulfonamides is 1. The number of rotatable bonds is 3. The van der Waals surface area contributed by atoms with E-state index in [0.717, 1.165) is 0 Å². The van der Waals surface area contributed by atoms with E-state index >= 15 is 0 Å². The fraction of sp³-hybridized carbons (Fsp3) is 0. The van der Waals surface area contributed by atoms with Gasteiger partial charge in [-0.2, -0.15) is 0 Å². The summed E-state index contributed by atoms with van der Waals surface area (Å²) in [4.78, 5) is -0.554. The third kappa shape index (κ3) is 3.36. The van der Waals surface area contributed by atoms with E-state index in [-0.39, 0.29) is 11.0 Å². The van der Waals surface area contributed by atoms with Crippen LogP contribution in [0.1, 0.15) is 0 Å². The van der Waals surface area contributed by atoms with Gasteiger partial charge in [-0.25, -0.2) is 17.2 Å². The summed E-state index contributed by atoms with van der Waals surface area (Å²) in [6.45, 7) is 0. The molecule has 9 heteroatoms. The van der Waals surface area contributed by atoms with Gasteiger partial charge in [0.25, 0.3) is 10.0 Å². The normalized spacial score (nSPS) is 11.3. The predicted octanol–water partition coefficient (Wildman–Crippen LogP) is 2.21. The van der Waals surface area contributed by atoms with Gasteiger partial charge in [0.05, 0.1) is 4.90 Å². The molecule has 5 nitrogen and oxygen atoms in total. The first-order chi connectivity index (χ1) is 8.87. The van der Waals surface area contributed by atoms with Gasteiger partial charge >= 0.3 is 0 Å². The predicted molar refractivity (Wildman–Crippen MR) is 64.2 cm³/mol. The molecule has 0 saturated heterocycles. The van der Waals surface area contributed by atoms with E-state index in [1.807, 2.05) is 4.72 Å². The van der Waals surface area contributed by atoms with Crippen LogP contribution in [0.3, 0.4) is 0 Å². The van der Waals surface area contributed by atoms with Gasteiger partial charge in [-0.3, -0.25) is 4.72 Å². The van der Waals surface area contributed by atoms with E-state index in [9.17, 15) is 17.2 Å². The second-order valence-electron chi connectivity index (χ2n) is 3.45. The number of nitrogens with zero attached hydrogens (tertiary/aromatic N) is 2. The first kappa shape index (κ1) is 13.6. The minimum Gasteiger partial charge on any atom is -0.262 e. The van der Waals surface area contributed by atoms with E-state index in [0.29, 0.717) is 18.2 Å². The Morgan fingerprint density at radius 2 is 1.68 bits per heavy atom. The Bertz CT molecular complexity index is 687. The monoisotopic (exact) mass is 305 g/mol. The standard InChI is InChI=1S/C10H6ClF2N3O2S/c11-9-1-2-10(15-14-9)16-19(17,18)8-4-6(12)3-7(13)5-8/h1-5H,(H,15,16). The number of benzene rings is 1. The molecule has 0 aliphatic carbocycles. The molecule has 0 spiro atoms. The molecule has 0 bridgehead atoms. The second kappa shape index (κ2) is 5.06. The summed E-state index contributed by atoms with van der Waals surface area (Å²) in [6.07, 6.45) is 0. The summed E-state index contributed by atoms with van der Waals surface area (Å²) in [5.74, 6) is -2.11. The van der Waals surface area contributed by atoms with Gasteiger partial charge in [-0.05, 0) is 24.3 Å². The van der Waals surface area contributed by atoms with Gasteiger partial charge in [-0.1, -0.05) is 11.6 Å². The van der Waals surface area contributed by atoms with E-state index in [1.165, 1.54) is 12.1 Å². The Hall–Kier alpha value is -1.80. The van der Waals surface area contributed by atoms with Crippen LogP contribution in [-0.2, 0) is 10.0 Å². The van der Waals surface area contributed by atoms with Crippen molar-refractivity contribution >= 4 is 27.4 Å². The van der Waals surface area contributed by atoms with Crippen molar-refractivity contribution in [1.82, 2.24) is 10.2 Å². The van der Waals surface area contributed by atoms with Crippen LogP contribution in [0.2, 0.25) is 5.15 Å². The highest BCUT2D eigenvalue weighted by Crippen LogP contribution is 2.17. The molecule has 0 radical (unpaired) electrons. The van der Waals surface area contributed by atoms with E-state index < -0.39 is 26.6 Å². The lowest BCUT2D eigenvalue weighted by atomic mass is 10.3. The number of anilines is 1. The fourth-order valence-electron chi connectivity index (χ4n) is 1.25. The highest BCUT2D eigenvalue weighted by Gasteiger charge is 2.17. The van der Waals surface area contributed by atoms with Crippen molar-refractivity contribution in [2.45, 2.75) is 4.90 Å². The molecule has 1 aromatic heterocycles. The molecule has 0 aliphatic rings. The van der Waals surface area contributed by atoms with E-state index in [4.69, 9.17) is 11.6 Å². The third-order valence-corrected chi connectivity index (χ3v) is 3.55. The highest BCUT2D eigenvalue weighted by atomic mass is 35.5. The molecule has 0 saturated carbocycles. The number of aromatic nitrogens is 2. The molecular formula is C10H6ClF2N3O2S. The number of hydrogen-bond donors (Lipinski definition) is 1. The minimum atomic E-state index is -4.15. The Morgan fingerprint density at radius 1 is 1.05 bits per heavy atom. The molecule has 0 aliphatic heterocycles. The van der Waals surface area contributed by atoms with E-state index in [1.54, 1.807) is 0 Å². The van der Waals surface area contributed by atoms with Crippen LogP contribution in [0.4, 0.5) is 14.6 Å². The summed E-state index contributed by atoms with van der Waals surface area (Å²) in [5.41, 5.74) is 0. The summed E-state index contributed by atoms with van der Waals surface area (Å²) in [7, 11) is -4.15. The summed E-state index contributed by atoms with van der Waals surface area (Å²) in [6, 6.07) is 4.53. The average Bonchev–Trinajstić information content (AvgIpc) is 2.31. The Balaban J connectivity index is 2.34. The molecule has 100 valence electrons. The van der Waals surface area contributed by atoms with Gasteiger partial charge < -0.3 is 0 Å². The number of halogens is 3. The quantitative estimate of drug-likeness (QED) is 0.943. The first-order valence-electron chi connectivity index (χ1n) is 4.85. The Morgan fingerprint density at radius 3 is 2.21 bits per heavy atom. The van der Waals surface area contributed by atoms with Gasteiger partial charge in [0.2, 0.25) is 0 Å². The Kier molecular flexibility index (Phi) is 3.63. The second-order valence-corrected chi connectivity index (χ2v) is 5.52. The lowest BCUT2D eigenvalue weighted by Gasteiger charge is -2.06. The van der Waals surface area contributed by atoms with Crippen molar-refractivity contribution in [3.8, 4) is 0 Å². The summed E-state index contributed by atoms with van der Waals surface area (Å²) in [5, 5.41) is 6.99. The maximum absolute atomic E-state index is 13.0. The van der Waals surface area contributed by atoms with Crippen molar-refractivity contribution in [2.75, 3.05) is 4.72 Å². The van der Waals surface area contributed by atoms with E-state index in [2.05, 4.69) is 10.2 Å². The fourth-order valence-corrected chi connectivity index (χ4v) is 2.39. The Labute approximate surface area is 112 Å². The van der Waals surface area contributed by atoms with Crippen LogP contribution in [0.5, 0.6) is 0 Å². The molecule has 1 heterocycles. The minimum absolute atomic E-state index is 0.0831. The molecule has 1 aromatic carbocycles. The van der Waals surface area contributed by atoms with Gasteiger partial charge in [0.15, 0.2) is 11.0 Å². The third-order valence-electron chi connectivity index (χ3n) is 2.02. The first-order valence-corrected chi connectivity index (χ1v) is 6.71. The zero-order valence-corrected chi connectivity index (χ0v) is 10.7. The molecule has 19 heavy (non-hydrogen) atoms. The topological polar surface area (TPSA) is 72.0 Å². The smallest absolute Gasteiger partial charge is 0.262 e. The van der Waals surface area contributed by atoms with Gasteiger partial charge in [-0.15, -0.1) is 10.2 Å². The van der Waals surface area contributed by atoms with Crippen LogP contribution in [0.25, 0.3) is 0 Å². The molecule has 2 aromatic rings. The number of hydrogen-bond acceptors (Lipinski definition) is 4. The molecule has 0 unspecified atom stereocenters. The van der Waals surface area contributed by atoms with Gasteiger partial charge in [0.1, 0.15) is 11.6 Å². The van der Waals surface area contributed by atoms with Crippen molar-refractivity contribution in [3.05, 3.63) is 47.1 Å². The average molecular weight is 306 g/mol. The SMILES string of the molecule is O=S(=O)(Nc1ccc(Cl)nn1)c1cc(F)cc(F)c1. The largest absolute Gasteiger partial charge is 0.263 e. The lowest BCUT2D eigenvalue weighted by molar-refractivity contribution is 0.568. The van der Waals surface area contributed by atoms with Crippen molar-refractivity contribution < 1.29 is 17.2 Å². The molecule has 0 fully saturated rings. The van der Waals surface area contributed by atoms with Crippen molar-refractivity contribution in [1.29, 1.82) is 0 Å². The molecule has 0 atom stereocenters. The van der Waals surface area contributed by atoms with Crippen LogP contribution >= 0.6 is 11.6 Å². The maximum atomic E-state index is 13.0. The van der Waals surface area contributed by atoms with Crippen LogP contribution < -0.4 is 4.72 Å². The summed E-state index contributed by atoms with van der Waals surface area (Å²) < 4.78 is 51.7. The molecular weight excluding hydrogens is 300 g/mol.